The van der Waals surface area contributed by atoms with Gasteiger partial charge in [-0.15, -0.1) is 0 Å². The Morgan fingerprint density at radius 3 is 2.26 bits per heavy atom. The van der Waals surface area contributed by atoms with Gasteiger partial charge in [0.25, 0.3) is 0 Å². The Balaban J connectivity index is 1.95. The monoisotopic (exact) mass is 510 g/mol. The second kappa shape index (κ2) is 8.26. The van der Waals surface area contributed by atoms with E-state index in [4.69, 9.17) is 0 Å². The lowest BCUT2D eigenvalue weighted by atomic mass is 10.0. The van der Waals surface area contributed by atoms with Gasteiger partial charge in [-0.3, -0.25) is 4.72 Å². The maximum atomic E-state index is 14.4. The molecule has 2 aromatic rings. The van der Waals surface area contributed by atoms with Crippen molar-refractivity contribution in [2.24, 2.45) is 0 Å². The van der Waals surface area contributed by atoms with Gasteiger partial charge in [-0.2, -0.15) is 0 Å². The lowest BCUT2D eigenvalue weighted by Gasteiger charge is -2.23. The molecule has 1 fully saturated rings. The van der Waals surface area contributed by atoms with Crippen molar-refractivity contribution in [1.29, 1.82) is 0 Å². The Hall–Kier alpha value is -1.49. The van der Waals surface area contributed by atoms with Crippen molar-refractivity contribution in [1.82, 2.24) is 0 Å². The van der Waals surface area contributed by atoms with Crippen LogP contribution in [0, 0.1) is 21.0 Å². The lowest BCUT2D eigenvalue weighted by molar-refractivity contribution is 0.486. The maximum absolute atomic E-state index is 14.4. The highest BCUT2D eigenvalue weighted by Crippen LogP contribution is 2.34. The molecule has 1 aliphatic carbocycles. The summed E-state index contributed by atoms with van der Waals surface area (Å²) >= 11 is 1.92. The first-order valence-corrected chi connectivity index (χ1v) is 11.1. The summed E-state index contributed by atoms with van der Waals surface area (Å²) in [5.41, 5.74) is -0.690. The van der Waals surface area contributed by atoms with Gasteiger partial charge in [-0.1, -0.05) is 19.3 Å². The summed E-state index contributed by atoms with van der Waals surface area (Å²) in [5, 5.41) is 1.90. The maximum Gasteiger partial charge on any atom is 0.235 e. The van der Waals surface area contributed by atoms with Crippen molar-refractivity contribution in [2.45, 2.75) is 37.4 Å². The molecule has 1 aliphatic rings. The molecule has 2 N–H and O–H groups in total. The Bertz CT molecular complexity index is 948. The topological polar surface area (TPSA) is 58.2 Å². The number of sulfonamides is 1. The average molecular weight is 510 g/mol. The molecule has 0 radical (unpaired) electrons. The summed E-state index contributed by atoms with van der Waals surface area (Å²) in [6.07, 6.45) is 3.64. The molecule has 0 aliphatic heterocycles. The van der Waals surface area contributed by atoms with Crippen LogP contribution < -0.4 is 10.0 Å². The first-order chi connectivity index (χ1) is 12.8. The zero-order chi connectivity index (χ0) is 19.6. The van der Waals surface area contributed by atoms with Crippen molar-refractivity contribution in [2.75, 3.05) is 10.0 Å². The molecule has 2 aromatic carbocycles. The molecule has 0 aromatic heterocycles. The van der Waals surface area contributed by atoms with E-state index >= 15 is 0 Å². The van der Waals surface area contributed by atoms with E-state index in [2.05, 4.69) is 10.0 Å². The lowest BCUT2D eigenvalue weighted by Crippen LogP contribution is -2.30. The summed E-state index contributed by atoms with van der Waals surface area (Å²) in [6, 6.07) is 6.16. The molecule has 0 amide bonds. The first-order valence-electron chi connectivity index (χ1n) is 8.49. The number of rotatable bonds is 5. The number of anilines is 3. The number of hydrogen-bond donors (Lipinski definition) is 2. The minimum absolute atomic E-state index is 0.0852. The molecule has 9 heteroatoms. The Morgan fingerprint density at radius 2 is 1.59 bits per heavy atom. The normalized spacial score (nSPS) is 15.6. The third-order valence-electron chi connectivity index (χ3n) is 4.53. The third-order valence-corrected chi connectivity index (χ3v) is 7.05. The molecule has 0 unspecified atom stereocenters. The molecule has 146 valence electrons. The van der Waals surface area contributed by atoms with Crippen LogP contribution in [0.3, 0.4) is 0 Å². The van der Waals surface area contributed by atoms with Crippen LogP contribution in [0.25, 0.3) is 0 Å². The minimum atomic E-state index is -3.77. The molecular formula is C18H18F3IN2O2S. The van der Waals surface area contributed by atoms with Crippen LogP contribution in [0.15, 0.2) is 30.3 Å². The number of benzene rings is 2. The van der Waals surface area contributed by atoms with E-state index in [9.17, 15) is 21.6 Å². The van der Waals surface area contributed by atoms with E-state index in [1.54, 1.807) is 6.07 Å². The van der Waals surface area contributed by atoms with Gasteiger partial charge >= 0.3 is 0 Å². The number of nitrogens with one attached hydrogen (secondary N) is 2. The van der Waals surface area contributed by atoms with Crippen LogP contribution in [-0.4, -0.2) is 13.7 Å². The number of halogens is 4. The predicted molar refractivity (Wildman–Crippen MR) is 108 cm³/mol. The molecule has 27 heavy (non-hydrogen) atoms. The molecule has 0 saturated heterocycles. The van der Waals surface area contributed by atoms with Crippen LogP contribution in [0.1, 0.15) is 32.1 Å². The standard InChI is InChI=1S/C18H18F3IN2O2S/c19-13-7-9-16(24-27(25,26)12-4-2-1-3-5-12)18(17(13)21)23-15-8-6-11(22)10-14(15)20/h6-10,12,23-24H,1-5H2. The van der Waals surface area contributed by atoms with Crippen molar-refractivity contribution in [3.63, 3.8) is 0 Å². The van der Waals surface area contributed by atoms with Gasteiger partial charge in [0.05, 0.1) is 16.6 Å². The quantitative estimate of drug-likeness (QED) is 0.521. The highest BCUT2D eigenvalue weighted by atomic mass is 127. The van der Waals surface area contributed by atoms with E-state index < -0.39 is 38.4 Å². The molecule has 1 saturated carbocycles. The van der Waals surface area contributed by atoms with Crippen molar-refractivity contribution >= 4 is 49.7 Å². The van der Waals surface area contributed by atoms with Gasteiger partial charge in [-0.05, 0) is 65.8 Å². The van der Waals surface area contributed by atoms with Gasteiger partial charge in [-0.25, -0.2) is 21.6 Å². The minimum Gasteiger partial charge on any atom is -0.349 e. The molecule has 0 spiro atoms. The zero-order valence-electron chi connectivity index (χ0n) is 14.2. The van der Waals surface area contributed by atoms with Crippen LogP contribution in [-0.2, 0) is 10.0 Å². The van der Waals surface area contributed by atoms with Crippen molar-refractivity contribution in [3.05, 3.63) is 51.4 Å². The molecule has 0 heterocycles. The van der Waals surface area contributed by atoms with Crippen LogP contribution in [0.2, 0.25) is 0 Å². The SMILES string of the molecule is O=S(=O)(Nc1ccc(F)c(F)c1Nc1ccc(I)cc1F)C1CCCCC1. The second-order valence-corrected chi connectivity index (χ2v) is 9.65. The highest BCUT2D eigenvalue weighted by molar-refractivity contribution is 14.1. The summed E-state index contributed by atoms with van der Waals surface area (Å²) in [5.74, 6) is -3.10. The van der Waals surface area contributed by atoms with Crippen molar-refractivity contribution < 1.29 is 21.6 Å². The zero-order valence-corrected chi connectivity index (χ0v) is 17.2. The Kier molecular flexibility index (Phi) is 6.19. The summed E-state index contributed by atoms with van der Waals surface area (Å²) in [7, 11) is -3.77. The average Bonchev–Trinajstić information content (AvgIpc) is 2.63. The highest BCUT2D eigenvalue weighted by Gasteiger charge is 2.28. The van der Waals surface area contributed by atoms with Gasteiger partial charge in [0, 0.05) is 3.57 Å². The van der Waals surface area contributed by atoms with E-state index in [0.29, 0.717) is 16.4 Å². The molecule has 4 nitrogen and oxygen atoms in total. The van der Waals surface area contributed by atoms with Gasteiger partial charge in [0.1, 0.15) is 11.5 Å². The first kappa shape index (κ1) is 20.2. The summed E-state index contributed by atoms with van der Waals surface area (Å²) in [6.45, 7) is 0. The van der Waals surface area contributed by atoms with Gasteiger partial charge in [0.2, 0.25) is 10.0 Å². The fraction of sp³-hybridized carbons (Fsp3) is 0.333. The van der Waals surface area contributed by atoms with E-state index in [0.717, 1.165) is 31.4 Å². The largest absolute Gasteiger partial charge is 0.349 e. The summed E-state index contributed by atoms with van der Waals surface area (Å²) in [4.78, 5) is 0. The van der Waals surface area contributed by atoms with E-state index in [1.807, 2.05) is 22.6 Å². The Morgan fingerprint density at radius 1 is 0.926 bits per heavy atom. The van der Waals surface area contributed by atoms with E-state index in [1.165, 1.54) is 12.1 Å². The van der Waals surface area contributed by atoms with Crippen LogP contribution in [0.4, 0.5) is 30.2 Å². The molecular weight excluding hydrogens is 492 g/mol. The second-order valence-electron chi connectivity index (χ2n) is 6.44. The number of hydrogen-bond acceptors (Lipinski definition) is 3. The Labute approximate surface area is 169 Å². The van der Waals surface area contributed by atoms with Gasteiger partial charge in [0.15, 0.2) is 11.6 Å². The van der Waals surface area contributed by atoms with Crippen LogP contribution in [0.5, 0.6) is 0 Å². The third kappa shape index (κ3) is 4.68. The molecule has 0 atom stereocenters. The van der Waals surface area contributed by atoms with E-state index in [-0.39, 0.29) is 11.4 Å². The molecule has 3 rings (SSSR count). The van der Waals surface area contributed by atoms with Gasteiger partial charge < -0.3 is 5.32 Å². The fourth-order valence-corrected chi connectivity index (χ4v) is 5.15. The summed E-state index contributed by atoms with van der Waals surface area (Å²) < 4.78 is 70.5. The molecule has 0 bridgehead atoms. The van der Waals surface area contributed by atoms with Crippen molar-refractivity contribution in [3.8, 4) is 0 Å². The van der Waals surface area contributed by atoms with Crippen LogP contribution >= 0.6 is 22.6 Å². The fourth-order valence-electron chi connectivity index (χ4n) is 3.10. The predicted octanol–water partition coefficient (Wildman–Crippen LogP) is 5.53. The smallest absolute Gasteiger partial charge is 0.235 e.